The summed E-state index contributed by atoms with van der Waals surface area (Å²) in [5.74, 6) is -1.35. The monoisotopic (exact) mass is 492 g/mol. The Kier molecular flexibility index (Phi) is 5.63. The molecule has 1 amide bonds. The molecular formula is C21H18BrFN2O4S. The van der Waals surface area contributed by atoms with Crippen LogP contribution in [0.2, 0.25) is 0 Å². The highest BCUT2D eigenvalue weighted by Gasteiger charge is 2.43. The summed E-state index contributed by atoms with van der Waals surface area (Å²) in [6.45, 7) is -0.212. The molecule has 3 aromatic rings. The number of rotatable bonds is 4. The van der Waals surface area contributed by atoms with E-state index in [-0.39, 0.29) is 23.5 Å². The van der Waals surface area contributed by atoms with Gasteiger partial charge in [0.05, 0.1) is 16.7 Å². The number of amides is 1. The lowest BCUT2D eigenvalue weighted by molar-refractivity contribution is -0.119. The summed E-state index contributed by atoms with van der Waals surface area (Å²) in [4.78, 5) is 12.8. The second-order valence-corrected chi connectivity index (χ2v) is 9.91. The van der Waals surface area contributed by atoms with Gasteiger partial charge in [0, 0.05) is 17.4 Å². The topological polar surface area (TPSA) is 86.7 Å². The third kappa shape index (κ3) is 3.98. The number of nitrogens with zero attached hydrogens (tertiary/aromatic N) is 1. The van der Waals surface area contributed by atoms with E-state index in [0.717, 1.165) is 15.1 Å². The molecule has 0 aliphatic carbocycles. The number of halogens is 2. The summed E-state index contributed by atoms with van der Waals surface area (Å²) in [6, 6.07) is 15.0. The molecule has 1 fully saturated rings. The molecule has 0 unspecified atom stereocenters. The van der Waals surface area contributed by atoms with Crippen LogP contribution in [-0.4, -0.2) is 42.4 Å². The molecule has 30 heavy (non-hydrogen) atoms. The lowest BCUT2D eigenvalue weighted by Gasteiger charge is -2.23. The molecule has 1 saturated heterocycles. The maximum atomic E-state index is 14.1. The molecule has 2 atom stereocenters. The molecule has 9 heteroatoms. The molecule has 2 N–H and O–H groups in total. The van der Waals surface area contributed by atoms with Gasteiger partial charge in [0.1, 0.15) is 11.9 Å². The summed E-state index contributed by atoms with van der Waals surface area (Å²) < 4.78 is 42.1. The Morgan fingerprint density at radius 3 is 2.57 bits per heavy atom. The highest BCUT2D eigenvalue weighted by atomic mass is 79.9. The molecule has 1 aliphatic rings. The second-order valence-electron chi connectivity index (χ2n) is 7.10. The van der Waals surface area contributed by atoms with E-state index in [9.17, 15) is 22.7 Å². The summed E-state index contributed by atoms with van der Waals surface area (Å²) in [5, 5.41) is 14.2. The molecule has 0 spiro atoms. The fraction of sp³-hybridized carbons (Fsp3) is 0.190. The van der Waals surface area contributed by atoms with Gasteiger partial charge in [0.2, 0.25) is 15.9 Å². The largest absolute Gasteiger partial charge is 0.392 e. The summed E-state index contributed by atoms with van der Waals surface area (Å²) in [5.41, 5.74) is -0.0624. The molecule has 1 heterocycles. The minimum absolute atomic E-state index is 0.0305. The first-order chi connectivity index (χ1) is 14.3. The van der Waals surface area contributed by atoms with E-state index in [2.05, 4.69) is 21.2 Å². The number of carbonyl (C=O) groups excluding carboxylic acids is 1. The van der Waals surface area contributed by atoms with Crippen LogP contribution in [0.3, 0.4) is 0 Å². The Balaban J connectivity index is 1.64. The van der Waals surface area contributed by atoms with E-state index >= 15 is 0 Å². The van der Waals surface area contributed by atoms with Gasteiger partial charge in [-0.2, -0.15) is 4.31 Å². The van der Waals surface area contributed by atoms with Crippen molar-refractivity contribution in [2.24, 2.45) is 0 Å². The van der Waals surface area contributed by atoms with Crippen molar-refractivity contribution >= 4 is 48.3 Å². The van der Waals surface area contributed by atoms with Gasteiger partial charge in [-0.3, -0.25) is 4.79 Å². The number of β-amino-alcohol motifs (C(OH)–C–C–N with tert-alkyl or cyclic N) is 1. The number of benzene rings is 3. The van der Waals surface area contributed by atoms with Crippen LogP contribution in [0.25, 0.3) is 10.8 Å². The van der Waals surface area contributed by atoms with Crippen LogP contribution in [0.4, 0.5) is 10.1 Å². The zero-order valence-electron chi connectivity index (χ0n) is 15.6. The summed E-state index contributed by atoms with van der Waals surface area (Å²) in [7, 11) is -4.06. The van der Waals surface area contributed by atoms with Crippen LogP contribution in [0.1, 0.15) is 6.42 Å². The van der Waals surface area contributed by atoms with E-state index in [1.807, 2.05) is 12.1 Å². The van der Waals surface area contributed by atoms with Gasteiger partial charge in [0.15, 0.2) is 0 Å². The zero-order chi connectivity index (χ0) is 21.5. The number of carbonyl (C=O) groups is 1. The first-order valence-electron chi connectivity index (χ1n) is 9.20. The van der Waals surface area contributed by atoms with Gasteiger partial charge < -0.3 is 10.4 Å². The maximum Gasteiger partial charge on any atom is 0.243 e. The van der Waals surface area contributed by atoms with Crippen molar-refractivity contribution in [2.75, 3.05) is 11.9 Å². The molecule has 4 rings (SSSR count). The molecule has 156 valence electrons. The summed E-state index contributed by atoms with van der Waals surface area (Å²) >= 11 is 3.14. The number of aliphatic hydroxyl groups excluding tert-OH is 1. The normalized spacial score (nSPS) is 19.8. The van der Waals surface area contributed by atoms with Crippen LogP contribution in [0.15, 0.2) is 70.0 Å². The van der Waals surface area contributed by atoms with E-state index in [1.165, 1.54) is 18.2 Å². The first kappa shape index (κ1) is 20.9. The van der Waals surface area contributed by atoms with Gasteiger partial charge in [-0.1, -0.05) is 46.3 Å². The minimum atomic E-state index is -4.06. The molecule has 0 aromatic heterocycles. The SMILES string of the molecule is O=C(Nc1ccc(Br)cc1F)[C@@H]1C[C@H](O)CN1S(=O)(=O)c1ccc2ccccc2c1. The molecule has 3 aromatic carbocycles. The molecule has 1 aliphatic heterocycles. The fourth-order valence-electron chi connectivity index (χ4n) is 3.56. The van der Waals surface area contributed by atoms with Crippen molar-refractivity contribution in [1.29, 1.82) is 0 Å². The molecule has 6 nitrogen and oxygen atoms in total. The number of hydrogen-bond donors (Lipinski definition) is 2. The minimum Gasteiger partial charge on any atom is -0.392 e. The van der Waals surface area contributed by atoms with Gasteiger partial charge in [0.25, 0.3) is 0 Å². The zero-order valence-corrected chi connectivity index (χ0v) is 18.0. The quantitative estimate of drug-likeness (QED) is 0.583. The maximum absolute atomic E-state index is 14.1. The number of hydrogen-bond acceptors (Lipinski definition) is 4. The second kappa shape index (κ2) is 8.07. The predicted molar refractivity (Wildman–Crippen MR) is 115 cm³/mol. The average Bonchev–Trinajstić information content (AvgIpc) is 3.12. The van der Waals surface area contributed by atoms with Gasteiger partial charge in [-0.05, 0) is 41.1 Å². The van der Waals surface area contributed by atoms with Crippen LogP contribution in [-0.2, 0) is 14.8 Å². The number of nitrogens with one attached hydrogen (secondary N) is 1. The Hall–Kier alpha value is -2.33. The predicted octanol–water partition coefficient (Wildman–Crippen LogP) is 3.50. The summed E-state index contributed by atoms with van der Waals surface area (Å²) in [6.07, 6.45) is -1.07. The van der Waals surface area contributed by atoms with Crippen molar-refractivity contribution in [3.63, 3.8) is 0 Å². The number of anilines is 1. The fourth-order valence-corrected chi connectivity index (χ4v) is 5.56. The van der Waals surface area contributed by atoms with Crippen molar-refractivity contribution in [2.45, 2.75) is 23.5 Å². The van der Waals surface area contributed by atoms with Crippen molar-refractivity contribution in [1.82, 2.24) is 4.31 Å². The Morgan fingerprint density at radius 1 is 1.10 bits per heavy atom. The molecule has 0 saturated carbocycles. The Labute approximate surface area is 181 Å². The van der Waals surface area contributed by atoms with Crippen LogP contribution >= 0.6 is 15.9 Å². The van der Waals surface area contributed by atoms with Crippen LogP contribution in [0.5, 0.6) is 0 Å². The molecule has 0 radical (unpaired) electrons. The highest BCUT2D eigenvalue weighted by molar-refractivity contribution is 9.10. The lowest BCUT2D eigenvalue weighted by atomic mass is 10.1. The van der Waals surface area contributed by atoms with Gasteiger partial charge in [-0.15, -0.1) is 0 Å². The Morgan fingerprint density at radius 2 is 1.83 bits per heavy atom. The van der Waals surface area contributed by atoms with Crippen molar-refractivity contribution in [3.8, 4) is 0 Å². The smallest absolute Gasteiger partial charge is 0.243 e. The van der Waals surface area contributed by atoms with Crippen LogP contribution in [0, 0.1) is 5.82 Å². The van der Waals surface area contributed by atoms with E-state index in [4.69, 9.17) is 0 Å². The number of aliphatic hydroxyl groups is 1. The van der Waals surface area contributed by atoms with Crippen LogP contribution < -0.4 is 5.32 Å². The third-order valence-electron chi connectivity index (χ3n) is 5.05. The lowest BCUT2D eigenvalue weighted by Crippen LogP contribution is -2.43. The Bertz CT molecular complexity index is 1230. The average molecular weight is 493 g/mol. The van der Waals surface area contributed by atoms with Crippen molar-refractivity contribution in [3.05, 3.63) is 71.0 Å². The first-order valence-corrected chi connectivity index (χ1v) is 11.4. The third-order valence-corrected chi connectivity index (χ3v) is 7.42. The van der Waals surface area contributed by atoms with Gasteiger partial charge in [-0.25, -0.2) is 12.8 Å². The number of sulfonamides is 1. The van der Waals surface area contributed by atoms with Crippen molar-refractivity contribution < 1.29 is 22.7 Å². The molecular weight excluding hydrogens is 475 g/mol. The highest BCUT2D eigenvalue weighted by Crippen LogP contribution is 2.29. The number of fused-ring (bicyclic) bond motifs is 1. The van der Waals surface area contributed by atoms with Gasteiger partial charge >= 0.3 is 0 Å². The van der Waals surface area contributed by atoms with E-state index in [0.29, 0.717) is 4.47 Å². The van der Waals surface area contributed by atoms with E-state index in [1.54, 1.807) is 30.3 Å². The standard InChI is InChI=1S/C21H18BrFN2O4S/c22-15-6-8-19(18(23)10-15)24-21(27)20-11-16(26)12-25(20)30(28,29)17-7-5-13-3-1-2-4-14(13)9-17/h1-10,16,20,26H,11-12H2,(H,24,27)/t16-,20-/m0/s1. The van der Waals surface area contributed by atoms with E-state index < -0.39 is 33.9 Å². The molecule has 0 bridgehead atoms.